The molecule has 2 aromatic rings. The Morgan fingerprint density at radius 1 is 1.16 bits per heavy atom. The number of aromatic nitrogens is 2. The predicted molar refractivity (Wildman–Crippen MR) is 80.1 cm³/mol. The lowest BCUT2D eigenvalue weighted by Gasteiger charge is -2.24. The molecule has 100 valence electrons. The van der Waals surface area contributed by atoms with E-state index in [2.05, 4.69) is 46.2 Å². The molecule has 0 aliphatic heterocycles. The van der Waals surface area contributed by atoms with Crippen molar-refractivity contribution >= 4 is 17.3 Å². The summed E-state index contributed by atoms with van der Waals surface area (Å²) in [6.45, 7) is 7.98. The van der Waals surface area contributed by atoms with Gasteiger partial charge in [0.25, 0.3) is 0 Å². The number of para-hydroxylation sites is 1. The van der Waals surface area contributed by atoms with Crippen LogP contribution in [-0.2, 0) is 0 Å². The summed E-state index contributed by atoms with van der Waals surface area (Å²) in [6, 6.07) is 8.32. The average Bonchev–Trinajstić information content (AvgIpc) is 2.43. The van der Waals surface area contributed by atoms with Gasteiger partial charge >= 0.3 is 0 Å². The Hall–Kier alpha value is -2.10. The molecule has 0 spiro atoms. The number of rotatable bonds is 5. The number of aryl methyl sites for hydroxylation is 1. The smallest absolute Gasteiger partial charge is 0.153 e. The van der Waals surface area contributed by atoms with E-state index < -0.39 is 0 Å². The summed E-state index contributed by atoms with van der Waals surface area (Å²) in [5.41, 5.74) is 2.41. The van der Waals surface area contributed by atoms with E-state index in [1.807, 2.05) is 19.1 Å². The van der Waals surface area contributed by atoms with Crippen molar-refractivity contribution in [2.45, 2.75) is 20.8 Å². The highest BCUT2D eigenvalue weighted by molar-refractivity contribution is 5.63. The van der Waals surface area contributed by atoms with Gasteiger partial charge in [-0.2, -0.15) is 0 Å². The zero-order chi connectivity index (χ0) is 13.7. The van der Waals surface area contributed by atoms with E-state index in [1.54, 1.807) is 12.4 Å². The van der Waals surface area contributed by atoms with E-state index >= 15 is 0 Å². The largest absolute Gasteiger partial charge is 0.369 e. The van der Waals surface area contributed by atoms with Crippen molar-refractivity contribution < 1.29 is 0 Å². The van der Waals surface area contributed by atoms with Crippen LogP contribution in [0.25, 0.3) is 0 Å². The second kappa shape index (κ2) is 6.18. The van der Waals surface area contributed by atoms with Gasteiger partial charge in [0.2, 0.25) is 0 Å². The first-order valence-electron chi connectivity index (χ1n) is 6.65. The monoisotopic (exact) mass is 256 g/mol. The van der Waals surface area contributed by atoms with Crippen LogP contribution in [0.3, 0.4) is 0 Å². The molecule has 1 aromatic carbocycles. The topological polar surface area (TPSA) is 41.1 Å². The summed E-state index contributed by atoms with van der Waals surface area (Å²) < 4.78 is 0. The first-order chi connectivity index (χ1) is 9.26. The maximum atomic E-state index is 4.60. The molecule has 1 heterocycles. The first kappa shape index (κ1) is 13.3. The molecule has 0 unspecified atom stereocenters. The van der Waals surface area contributed by atoms with Gasteiger partial charge < -0.3 is 10.2 Å². The second-order valence-electron chi connectivity index (χ2n) is 4.32. The minimum absolute atomic E-state index is 0.812. The van der Waals surface area contributed by atoms with E-state index in [4.69, 9.17) is 0 Å². The Morgan fingerprint density at radius 2 is 1.95 bits per heavy atom. The molecule has 0 bridgehead atoms. The van der Waals surface area contributed by atoms with E-state index in [0.29, 0.717) is 0 Å². The van der Waals surface area contributed by atoms with Gasteiger partial charge in [0.05, 0.1) is 12.4 Å². The Kier molecular flexibility index (Phi) is 4.34. The quantitative estimate of drug-likeness (QED) is 0.890. The summed E-state index contributed by atoms with van der Waals surface area (Å²) in [7, 11) is 0. The molecule has 0 fully saturated rings. The fourth-order valence-electron chi connectivity index (χ4n) is 2.07. The lowest BCUT2D eigenvalue weighted by molar-refractivity contribution is 0.967. The fraction of sp³-hybridized carbons (Fsp3) is 0.333. The molecule has 0 atom stereocenters. The van der Waals surface area contributed by atoms with Crippen LogP contribution in [0.1, 0.15) is 19.4 Å². The molecule has 0 aliphatic rings. The third kappa shape index (κ3) is 3.02. The molecule has 2 rings (SSSR count). The van der Waals surface area contributed by atoms with Crippen molar-refractivity contribution in [3.63, 3.8) is 0 Å². The van der Waals surface area contributed by atoms with Gasteiger partial charge in [0.15, 0.2) is 5.82 Å². The molecule has 0 amide bonds. The minimum Gasteiger partial charge on any atom is -0.369 e. The lowest BCUT2D eigenvalue weighted by Crippen LogP contribution is -2.19. The van der Waals surface area contributed by atoms with E-state index in [9.17, 15) is 0 Å². The van der Waals surface area contributed by atoms with Gasteiger partial charge in [-0.05, 0) is 32.4 Å². The standard InChI is InChI=1S/C15H20N4/c1-4-17-14-10-16-11-15(18-14)19(5-2)13-9-7-6-8-12(13)3/h6-11H,4-5H2,1-3H3,(H,17,18). The number of hydrogen-bond donors (Lipinski definition) is 1. The third-order valence-corrected chi connectivity index (χ3v) is 2.98. The molecular formula is C15H20N4. The van der Waals surface area contributed by atoms with E-state index in [1.165, 1.54) is 11.3 Å². The normalized spacial score (nSPS) is 10.3. The fourth-order valence-corrected chi connectivity index (χ4v) is 2.07. The summed E-state index contributed by atoms with van der Waals surface area (Å²) in [5.74, 6) is 1.68. The summed E-state index contributed by atoms with van der Waals surface area (Å²) in [6.07, 6.45) is 3.55. The first-order valence-corrected chi connectivity index (χ1v) is 6.65. The molecule has 0 radical (unpaired) electrons. The highest BCUT2D eigenvalue weighted by atomic mass is 15.2. The number of hydrogen-bond acceptors (Lipinski definition) is 4. The Morgan fingerprint density at radius 3 is 2.63 bits per heavy atom. The third-order valence-electron chi connectivity index (χ3n) is 2.98. The number of anilines is 3. The van der Waals surface area contributed by atoms with Crippen molar-refractivity contribution in [1.29, 1.82) is 0 Å². The Labute approximate surface area is 114 Å². The highest BCUT2D eigenvalue weighted by Gasteiger charge is 2.11. The van der Waals surface area contributed by atoms with E-state index in [-0.39, 0.29) is 0 Å². The van der Waals surface area contributed by atoms with Crippen LogP contribution in [0.15, 0.2) is 36.7 Å². The molecule has 19 heavy (non-hydrogen) atoms. The van der Waals surface area contributed by atoms with Crippen LogP contribution in [0.4, 0.5) is 17.3 Å². The maximum Gasteiger partial charge on any atom is 0.153 e. The van der Waals surface area contributed by atoms with Crippen molar-refractivity contribution in [3.05, 3.63) is 42.2 Å². The molecular weight excluding hydrogens is 236 g/mol. The highest BCUT2D eigenvalue weighted by Crippen LogP contribution is 2.26. The molecule has 4 nitrogen and oxygen atoms in total. The van der Waals surface area contributed by atoms with Crippen LogP contribution in [0.2, 0.25) is 0 Å². The predicted octanol–water partition coefficient (Wildman–Crippen LogP) is 3.37. The minimum atomic E-state index is 0.812. The van der Waals surface area contributed by atoms with E-state index in [0.717, 1.165) is 24.7 Å². The maximum absolute atomic E-state index is 4.60. The van der Waals surface area contributed by atoms with Crippen molar-refractivity contribution in [2.24, 2.45) is 0 Å². The van der Waals surface area contributed by atoms with Gasteiger partial charge in [-0.15, -0.1) is 0 Å². The molecule has 0 aliphatic carbocycles. The number of nitrogens with zero attached hydrogens (tertiary/aromatic N) is 3. The van der Waals surface area contributed by atoms with Gasteiger partial charge in [-0.25, -0.2) is 4.98 Å². The molecule has 1 aromatic heterocycles. The van der Waals surface area contributed by atoms with Crippen LogP contribution >= 0.6 is 0 Å². The van der Waals surface area contributed by atoms with Crippen LogP contribution in [-0.4, -0.2) is 23.1 Å². The van der Waals surface area contributed by atoms with Gasteiger partial charge in [0, 0.05) is 18.8 Å². The molecule has 4 heteroatoms. The summed E-state index contributed by atoms with van der Waals surface area (Å²) in [4.78, 5) is 11.0. The summed E-state index contributed by atoms with van der Waals surface area (Å²) in [5, 5.41) is 3.19. The number of benzene rings is 1. The average molecular weight is 256 g/mol. The van der Waals surface area contributed by atoms with Crippen LogP contribution < -0.4 is 10.2 Å². The molecule has 0 saturated carbocycles. The number of nitrogens with one attached hydrogen (secondary N) is 1. The Bertz CT molecular complexity index is 539. The van der Waals surface area contributed by atoms with Crippen LogP contribution in [0.5, 0.6) is 0 Å². The van der Waals surface area contributed by atoms with Crippen LogP contribution in [0, 0.1) is 6.92 Å². The summed E-state index contributed by atoms with van der Waals surface area (Å²) >= 11 is 0. The van der Waals surface area contributed by atoms with Gasteiger partial charge in [-0.1, -0.05) is 18.2 Å². The lowest BCUT2D eigenvalue weighted by atomic mass is 10.2. The molecule has 1 N–H and O–H groups in total. The SMILES string of the molecule is CCNc1cncc(N(CC)c2ccccc2C)n1. The van der Waals surface area contributed by atoms with Gasteiger partial charge in [0.1, 0.15) is 5.82 Å². The zero-order valence-electron chi connectivity index (χ0n) is 11.7. The van der Waals surface area contributed by atoms with Crippen molar-refractivity contribution in [1.82, 2.24) is 9.97 Å². The molecule has 0 saturated heterocycles. The van der Waals surface area contributed by atoms with Crippen molar-refractivity contribution in [2.75, 3.05) is 23.3 Å². The second-order valence-corrected chi connectivity index (χ2v) is 4.32. The zero-order valence-corrected chi connectivity index (χ0v) is 11.7. The van der Waals surface area contributed by atoms with Gasteiger partial charge in [-0.3, -0.25) is 4.98 Å². The van der Waals surface area contributed by atoms with Crippen molar-refractivity contribution in [3.8, 4) is 0 Å². The Balaban J connectivity index is 2.37.